The molecule has 2 aromatic carbocycles. The van der Waals surface area contributed by atoms with Gasteiger partial charge in [-0.2, -0.15) is 5.06 Å². The van der Waals surface area contributed by atoms with Crippen molar-refractivity contribution in [3.63, 3.8) is 0 Å². The van der Waals surface area contributed by atoms with Crippen molar-refractivity contribution in [1.29, 1.82) is 0 Å². The molecule has 1 heterocycles. The van der Waals surface area contributed by atoms with E-state index in [0.717, 1.165) is 25.9 Å². The van der Waals surface area contributed by atoms with Crippen LogP contribution in [0.25, 0.3) is 0 Å². The lowest BCUT2D eigenvalue weighted by Gasteiger charge is -2.38. The van der Waals surface area contributed by atoms with Gasteiger partial charge in [-0.05, 0) is 37.1 Å². The third-order valence-electron chi connectivity index (χ3n) is 3.87. The van der Waals surface area contributed by atoms with Crippen LogP contribution in [0, 0.1) is 0 Å². The Morgan fingerprint density at radius 1 is 0.800 bits per heavy atom. The maximum atomic E-state index is 9.56. The summed E-state index contributed by atoms with van der Waals surface area (Å²) in [5.41, 5.74) is 2.44. The molecule has 20 heavy (non-hydrogen) atoms. The van der Waals surface area contributed by atoms with Crippen molar-refractivity contribution in [1.82, 2.24) is 5.06 Å². The van der Waals surface area contributed by atoms with Gasteiger partial charge in [-0.3, -0.25) is 0 Å². The summed E-state index contributed by atoms with van der Waals surface area (Å²) < 4.78 is 0. The monoisotopic (exact) mass is 268 g/mol. The van der Waals surface area contributed by atoms with Gasteiger partial charge in [0.2, 0.25) is 0 Å². The Bertz CT molecular complexity index is 482. The summed E-state index contributed by atoms with van der Waals surface area (Å²) in [7, 11) is 0. The number of piperidine rings is 1. The van der Waals surface area contributed by atoms with Crippen molar-refractivity contribution in [2.75, 3.05) is 18.0 Å². The van der Waals surface area contributed by atoms with Gasteiger partial charge in [-0.25, -0.2) is 0 Å². The Labute approximate surface area is 120 Å². The van der Waals surface area contributed by atoms with Gasteiger partial charge in [0.1, 0.15) is 0 Å². The van der Waals surface area contributed by atoms with E-state index in [-0.39, 0.29) is 0 Å². The number of hydrogen-bond donors (Lipinski definition) is 1. The largest absolute Gasteiger partial charge is 0.338 e. The number of anilines is 2. The van der Waals surface area contributed by atoms with Gasteiger partial charge in [-0.15, -0.1) is 0 Å². The van der Waals surface area contributed by atoms with Crippen molar-refractivity contribution in [3.05, 3.63) is 60.7 Å². The van der Waals surface area contributed by atoms with Crippen LogP contribution in [0.15, 0.2) is 60.7 Å². The van der Waals surface area contributed by atoms with Crippen LogP contribution in [0.4, 0.5) is 11.4 Å². The van der Waals surface area contributed by atoms with E-state index in [1.165, 1.54) is 16.4 Å². The minimum absolute atomic E-state index is 0.434. The molecule has 0 aliphatic carbocycles. The molecular formula is C17H20N2O. The summed E-state index contributed by atoms with van der Waals surface area (Å²) in [5, 5.41) is 11.0. The fourth-order valence-corrected chi connectivity index (χ4v) is 2.86. The molecule has 1 fully saturated rings. The third kappa shape index (κ3) is 2.84. The molecule has 3 rings (SSSR count). The van der Waals surface area contributed by atoms with Crippen LogP contribution in [0.1, 0.15) is 12.8 Å². The van der Waals surface area contributed by atoms with Crippen LogP contribution < -0.4 is 4.90 Å². The minimum atomic E-state index is 0.434. The van der Waals surface area contributed by atoms with Crippen LogP contribution in [0.3, 0.4) is 0 Å². The number of nitrogens with zero attached hydrogens (tertiary/aromatic N) is 2. The van der Waals surface area contributed by atoms with Crippen LogP contribution in [0.2, 0.25) is 0 Å². The molecule has 0 saturated carbocycles. The van der Waals surface area contributed by atoms with E-state index in [1.807, 2.05) is 12.1 Å². The van der Waals surface area contributed by atoms with Crippen LogP contribution in [-0.4, -0.2) is 29.4 Å². The number of para-hydroxylation sites is 2. The highest BCUT2D eigenvalue weighted by Crippen LogP contribution is 2.31. The van der Waals surface area contributed by atoms with E-state index in [4.69, 9.17) is 0 Å². The molecule has 2 aromatic rings. The zero-order valence-electron chi connectivity index (χ0n) is 11.5. The maximum Gasteiger partial charge on any atom is 0.0413 e. The summed E-state index contributed by atoms with van der Waals surface area (Å²) in [6.07, 6.45) is 1.95. The minimum Gasteiger partial charge on any atom is -0.338 e. The molecule has 0 bridgehead atoms. The predicted molar refractivity (Wildman–Crippen MR) is 81.4 cm³/mol. The van der Waals surface area contributed by atoms with E-state index in [2.05, 4.69) is 53.4 Å². The van der Waals surface area contributed by atoms with Crippen LogP contribution >= 0.6 is 0 Å². The molecule has 1 saturated heterocycles. The smallest absolute Gasteiger partial charge is 0.0413 e. The molecular weight excluding hydrogens is 248 g/mol. The molecule has 0 radical (unpaired) electrons. The van der Waals surface area contributed by atoms with E-state index >= 15 is 0 Å². The Morgan fingerprint density at radius 2 is 1.25 bits per heavy atom. The molecule has 3 nitrogen and oxygen atoms in total. The molecule has 0 atom stereocenters. The number of benzene rings is 2. The van der Waals surface area contributed by atoms with E-state index in [1.54, 1.807) is 0 Å². The quantitative estimate of drug-likeness (QED) is 0.920. The van der Waals surface area contributed by atoms with Gasteiger partial charge < -0.3 is 10.1 Å². The summed E-state index contributed by atoms with van der Waals surface area (Å²) in [6, 6.07) is 21.4. The number of hydrogen-bond acceptors (Lipinski definition) is 3. The summed E-state index contributed by atoms with van der Waals surface area (Å²) >= 11 is 0. The highest BCUT2D eigenvalue weighted by molar-refractivity contribution is 5.64. The average molecular weight is 268 g/mol. The highest BCUT2D eigenvalue weighted by Gasteiger charge is 2.25. The van der Waals surface area contributed by atoms with Crippen molar-refractivity contribution in [2.24, 2.45) is 0 Å². The lowest BCUT2D eigenvalue weighted by Crippen LogP contribution is -2.41. The summed E-state index contributed by atoms with van der Waals surface area (Å²) in [6.45, 7) is 1.47. The number of rotatable bonds is 3. The first-order valence-electron chi connectivity index (χ1n) is 7.18. The van der Waals surface area contributed by atoms with Crippen molar-refractivity contribution < 1.29 is 5.21 Å². The van der Waals surface area contributed by atoms with Gasteiger partial charge in [0.15, 0.2) is 0 Å². The Morgan fingerprint density at radius 3 is 1.70 bits per heavy atom. The SMILES string of the molecule is ON1CCC(N(c2ccccc2)c2ccccc2)CC1. The molecule has 3 heteroatoms. The lowest BCUT2D eigenvalue weighted by molar-refractivity contribution is -0.105. The van der Waals surface area contributed by atoms with Gasteiger partial charge in [0.05, 0.1) is 0 Å². The standard InChI is InChI=1S/C17H20N2O/c20-18-13-11-17(12-14-18)19(15-7-3-1-4-8-15)16-9-5-2-6-10-16/h1-10,17,20H,11-14H2. The first-order valence-corrected chi connectivity index (χ1v) is 7.18. The molecule has 0 unspecified atom stereocenters. The fraction of sp³-hybridized carbons (Fsp3) is 0.294. The Hall–Kier alpha value is -1.84. The molecule has 1 aliphatic rings. The first kappa shape index (κ1) is 13.2. The second-order valence-corrected chi connectivity index (χ2v) is 5.23. The molecule has 0 amide bonds. The number of hydroxylamine groups is 2. The van der Waals surface area contributed by atoms with Crippen molar-refractivity contribution >= 4 is 11.4 Å². The van der Waals surface area contributed by atoms with E-state index < -0.39 is 0 Å². The molecule has 0 spiro atoms. The molecule has 1 aliphatic heterocycles. The second-order valence-electron chi connectivity index (χ2n) is 5.23. The second kappa shape index (κ2) is 6.07. The van der Waals surface area contributed by atoms with Crippen LogP contribution in [0.5, 0.6) is 0 Å². The molecule has 104 valence electrons. The first-order chi connectivity index (χ1) is 9.84. The van der Waals surface area contributed by atoms with Gasteiger partial charge in [0, 0.05) is 30.5 Å². The van der Waals surface area contributed by atoms with Crippen LogP contribution in [-0.2, 0) is 0 Å². The maximum absolute atomic E-state index is 9.56. The predicted octanol–water partition coefficient (Wildman–Crippen LogP) is 3.68. The summed E-state index contributed by atoms with van der Waals surface area (Å²) in [5.74, 6) is 0. The van der Waals surface area contributed by atoms with Gasteiger partial charge in [-0.1, -0.05) is 36.4 Å². The van der Waals surface area contributed by atoms with E-state index in [0.29, 0.717) is 6.04 Å². The molecule has 0 aromatic heterocycles. The normalized spacial score (nSPS) is 17.1. The highest BCUT2D eigenvalue weighted by atomic mass is 16.5. The summed E-state index contributed by atoms with van der Waals surface area (Å²) in [4.78, 5) is 2.40. The van der Waals surface area contributed by atoms with Crippen molar-refractivity contribution in [3.8, 4) is 0 Å². The zero-order chi connectivity index (χ0) is 13.8. The van der Waals surface area contributed by atoms with Crippen molar-refractivity contribution in [2.45, 2.75) is 18.9 Å². The van der Waals surface area contributed by atoms with E-state index in [9.17, 15) is 5.21 Å². The third-order valence-corrected chi connectivity index (χ3v) is 3.87. The van der Waals surface area contributed by atoms with Gasteiger partial charge in [0.25, 0.3) is 0 Å². The molecule has 1 N–H and O–H groups in total. The average Bonchev–Trinajstić information content (AvgIpc) is 2.52. The Kier molecular flexibility index (Phi) is 4.00. The Balaban J connectivity index is 1.92. The topological polar surface area (TPSA) is 26.7 Å². The lowest BCUT2D eigenvalue weighted by atomic mass is 10.0. The fourth-order valence-electron chi connectivity index (χ4n) is 2.86. The zero-order valence-corrected chi connectivity index (χ0v) is 11.5. The van der Waals surface area contributed by atoms with Gasteiger partial charge >= 0.3 is 0 Å².